The van der Waals surface area contributed by atoms with Crippen molar-refractivity contribution in [1.82, 2.24) is 0 Å². The Morgan fingerprint density at radius 1 is 1.30 bits per heavy atom. The molecule has 2 rings (SSSR count). The van der Waals surface area contributed by atoms with Gasteiger partial charge in [-0.1, -0.05) is 32.9 Å². The molecular formula is C15H18FNO2S. The van der Waals surface area contributed by atoms with Gasteiger partial charge in [0.25, 0.3) is 0 Å². The van der Waals surface area contributed by atoms with Crippen LogP contribution in [0.25, 0.3) is 0 Å². The van der Waals surface area contributed by atoms with Gasteiger partial charge in [-0.25, -0.2) is 12.8 Å². The van der Waals surface area contributed by atoms with E-state index in [0.717, 1.165) is 6.07 Å². The minimum atomic E-state index is -3.97. The molecule has 3 nitrogen and oxygen atoms in total. The molecule has 0 aromatic heterocycles. The Labute approximate surface area is 119 Å². The van der Waals surface area contributed by atoms with Crippen molar-refractivity contribution >= 4 is 9.84 Å². The highest BCUT2D eigenvalue weighted by Gasteiger charge is 2.58. The summed E-state index contributed by atoms with van der Waals surface area (Å²) in [5.41, 5.74) is -0.0505. The number of halogens is 1. The topological polar surface area (TPSA) is 57.9 Å². The van der Waals surface area contributed by atoms with Gasteiger partial charge in [-0.3, -0.25) is 0 Å². The molecule has 0 heterocycles. The lowest BCUT2D eigenvalue weighted by Crippen LogP contribution is -2.53. The first-order valence-electron chi connectivity index (χ1n) is 6.54. The maximum absolute atomic E-state index is 13.8. The van der Waals surface area contributed by atoms with Crippen LogP contribution in [-0.4, -0.2) is 13.2 Å². The molecule has 0 N–H and O–H groups in total. The van der Waals surface area contributed by atoms with Gasteiger partial charge < -0.3 is 0 Å². The van der Waals surface area contributed by atoms with Gasteiger partial charge in [0.05, 0.1) is 6.07 Å². The van der Waals surface area contributed by atoms with Crippen molar-refractivity contribution in [3.05, 3.63) is 30.1 Å². The highest BCUT2D eigenvalue weighted by Crippen LogP contribution is 2.53. The van der Waals surface area contributed by atoms with Crippen LogP contribution in [0.2, 0.25) is 0 Å². The standard InChI is InChI=1S/C15H18FNO2S/c1-14(2,3)11-8-15(9-11,10-17)20(18,19)13-7-5-4-6-12(13)16/h4-7,11H,8-9H2,1-3H3. The molecule has 0 saturated heterocycles. The SMILES string of the molecule is CC(C)(C)C1CC(C#N)(S(=O)(=O)c2ccccc2F)C1. The maximum atomic E-state index is 13.8. The highest BCUT2D eigenvalue weighted by molar-refractivity contribution is 7.93. The quantitative estimate of drug-likeness (QED) is 0.841. The molecule has 1 aromatic rings. The molecule has 0 bridgehead atoms. The second-order valence-electron chi connectivity index (χ2n) is 6.51. The minimum absolute atomic E-state index is 0.0505. The van der Waals surface area contributed by atoms with Gasteiger partial charge in [-0.05, 0) is 36.3 Å². The number of sulfone groups is 1. The third-order valence-electron chi connectivity index (χ3n) is 4.22. The van der Waals surface area contributed by atoms with Gasteiger partial charge in [0.15, 0.2) is 14.6 Å². The summed E-state index contributed by atoms with van der Waals surface area (Å²) < 4.78 is 37.5. The number of benzene rings is 1. The van der Waals surface area contributed by atoms with E-state index in [1.54, 1.807) is 0 Å². The summed E-state index contributed by atoms with van der Waals surface area (Å²) in [6.45, 7) is 6.07. The lowest BCUT2D eigenvalue weighted by molar-refractivity contribution is 0.117. The second kappa shape index (κ2) is 4.56. The van der Waals surface area contributed by atoms with Crippen LogP contribution in [0, 0.1) is 28.5 Å². The zero-order valence-electron chi connectivity index (χ0n) is 11.9. The fraction of sp³-hybridized carbons (Fsp3) is 0.533. The van der Waals surface area contributed by atoms with Crippen LogP contribution in [0.1, 0.15) is 33.6 Å². The van der Waals surface area contributed by atoms with Crippen molar-refractivity contribution in [2.45, 2.75) is 43.3 Å². The number of hydrogen-bond acceptors (Lipinski definition) is 3. The molecular weight excluding hydrogens is 277 g/mol. The first kappa shape index (κ1) is 15.0. The van der Waals surface area contributed by atoms with E-state index in [2.05, 4.69) is 0 Å². The van der Waals surface area contributed by atoms with Gasteiger partial charge in [-0.15, -0.1) is 0 Å². The first-order chi connectivity index (χ1) is 9.14. The van der Waals surface area contributed by atoms with E-state index in [1.807, 2.05) is 26.8 Å². The molecule has 0 unspecified atom stereocenters. The molecule has 108 valence electrons. The molecule has 0 amide bonds. The Balaban J connectivity index is 2.41. The van der Waals surface area contributed by atoms with Gasteiger partial charge in [-0.2, -0.15) is 5.26 Å². The van der Waals surface area contributed by atoms with Crippen LogP contribution >= 0.6 is 0 Å². The highest BCUT2D eigenvalue weighted by atomic mass is 32.2. The van der Waals surface area contributed by atoms with Crippen LogP contribution in [0.5, 0.6) is 0 Å². The van der Waals surface area contributed by atoms with Crippen molar-refractivity contribution in [2.24, 2.45) is 11.3 Å². The summed E-state index contributed by atoms with van der Waals surface area (Å²) in [5, 5.41) is 9.36. The van der Waals surface area contributed by atoms with Crippen molar-refractivity contribution in [3.8, 4) is 6.07 Å². The van der Waals surface area contributed by atoms with E-state index in [-0.39, 0.29) is 29.1 Å². The van der Waals surface area contributed by atoms with E-state index in [4.69, 9.17) is 0 Å². The summed E-state index contributed by atoms with van der Waals surface area (Å²) in [6, 6.07) is 7.18. The van der Waals surface area contributed by atoms with Gasteiger partial charge in [0.1, 0.15) is 10.7 Å². The fourth-order valence-corrected chi connectivity index (χ4v) is 4.56. The summed E-state index contributed by atoms with van der Waals surface area (Å²) in [4.78, 5) is -0.367. The number of hydrogen-bond donors (Lipinski definition) is 0. The predicted octanol–water partition coefficient (Wildman–Crippen LogP) is 3.32. The Bertz CT molecular complexity index is 662. The molecule has 1 saturated carbocycles. The predicted molar refractivity (Wildman–Crippen MR) is 74.1 cm³/mol. The second-order valence-corrected chi connectivity index (χ2v) is 8.74. The maximum Gasteiger partial charge on any atom is 0.200 e. The Kier molecular flexibility index (Phi) is 3.42. The van der Waals surface area contributed by atoms with Crippen molar-refractivity contribution in [3.63, 3.8) is 0 Å². The fourth-order valence-electron chi connectivity index (χ4n) is 2.59. The number of nitriles is 1. The van der Waals surface area contributed by atoms with Crippen molar-refractivity contribution < 1.29 is 12.8 Å². The lowest BCUT2D eigenvalue weighted by atomic mass is 9.63. The minimum Gasteiger partial charge on any atom is -0.222 e. The average molecular weight is 295 g/mol. The van der Waals surface area contributed by atoms with Crippen LogP contribution in [-0.2, 0) is 9.84 Å². The lowest BCUT2D eigenvalue weighted by Gasteiger charge is -2.48. The van der Waals surface area contributed by atoms with Crippen molar-refractivity contribution in [2.75, 3.05) is 0 Å². The van der Waals surface area contributed by atoms with E-state index < -0.39 is 20.4 Å². The molecule has 20 heavy (non-hydrogen) atoms. The Morgan fingerprint density at radius 2 is 1.85 bits per heavy atom. The zero-order chi connectivity index (χ0) is 15.2. The molecule has 0 atom stereocenters. The Morgan fingerprint density at radius 3 is 2.30 bits per heavy atom. The zero-order valence-corrected chi connectivity index (χ0v) is 12.7. The monoisotopic (exact) mass is 295 g/mol. The van der Waals surface area contributed by atoms with E-state index in [9.17, 15) is 18.1 Å². The molecule has 1 fully saturated rings. The van der Waals surface area contributed by atoms with E-state index >= 15 is 0 Å². The first-order valence-corrected chi connectivity index (χ1v) is 8.03. The third kappa shape index (κ3) is 2.12. The molecule has 0 radical (unpaired) electrons. The van der Waals surface area contributed by atoms with Crippen molar-refractivity contribution in [1.29, 1.82) is 5.26 Å². The van der Waals surface area contributed by atoms with Crippen LogP contribution < -0.4 is 0 Å². The van der Waals surface area contributed by atoms with Gasteiger partial charge in [0.2, 0.25) is 0 Å². The molecule has 0 aliphatic heterocycles. The smallest absolute Gasteiger partial charge is 0.200 e. The molecule has 5 heteroatoms. The van der Waals surface area contributed by atoms with Crippen LogP contribution in [0.4, 0.5) is 4.39 Å². The summed E-state index contributed by atoms with van der Waals surface area (Å²) in [5.74, 6) is -0.634. The summed E-state index contributed by atoms with van der Waals surface area (Å²) >= 11 is 0. The summed E-state index contributed by atoms with van der Waals surface area (Å²) in [7, 11) is -3.97. The van der Waals surface area contributed by atoms with Crippen LogP contribution in [0.15, 0.2) is 29.2 Å². The van der Waals surface area contributed by atoms with Crippen LogP contribution in [0.3, 0.4) is 0 Å². The molecule has 0 spiro atoms. The molecule has 1 aliphatic rings. The third-order valence-corrected chi connectivity index (χ3v) is 6.58. The largest absolute Gasteiger partial charge is 0.222 e. The average Bonchev–Trinajstić information content (AvgIpc) is 2.26. The summed E-state index contributed by atoms with van der Waals surface area (Å²) in [6.07, 6.45) is 0.535. The number of rotatable bonds is 2. The normalized spacial score (nSPS) is 26.6. The number of nitrogens with zero attached hydrogens (tertiary/aromatic N) is 1. The van der Waals surface area contributed by atoms with Gasteiger partial charge >= 0.3 is 0 Å². The van der Waals surface area contributed by atoms with E-state index in [1.165, 1.54) is 18.2 Å². The molecule has 1 aliphatic carbocycles. The van der Waals surface area contributed by atoms with Gasteiger partial charge in [0, 0.05) is 0 Å². The molecule has 1 aromatic carbocycles. The van der Waals surface area contributed by atoms with E-state index in [0.29, 0.717) is 0 Å². The Hall–Kier alpha value is -1.41.